The van der Waals surface area contributed by atoms with E-state index < -0.39 is 17.5 Å². The van der Waals surface area contributed by atoms with E-state index in [1.807, 2.05) is 6.92 Å². The van der Waals surface area contributed by atoms with Gasteiger partial charge in [-0.3, -0.25) is 4.79 Å². The first-order chi connectivity index (χ1) is 11.8. The van der Waals surface area contributed by atoms with Gasteiger partial charge in [-0.2, -0.15) is 0 Å². The summed E-state index contributed by atoms with van der Waals surface area (Å²) in [4.78, 5) is 30.2. The second-order valence-electron chi connectivity index (χ2n) is 6.86. The van der Waals surface area contributed by atoms with Gasteiger partial charge in [0.25, 0.3) is 0 Å². The average Bonchev–Trinajstić information content (AvgIpc) is 2.98. The molecule has 2 aliphatic heterocycles. The number of nitrogens with zero attached hydrogens (tertiary/aromatic N) is 2. The van der Waals surface area contributed by atoms with Gasteiger partial charge < -0.3 is 14.7 Å². The molecule has 1 amide bonds. The van der Waals surface area contributed by atoms with Gasteiger partial charge in [-0.25, -0.2) is 9.78 Å². The lowest BCUT2D eigenvalue weighted by Gasteiger charge is -2.38. The number of allylic oxidation sites excluding steroid dienone is 1. The van der Waals surface area contributed by atoms with E-state index in [-0.39, 0.29) is 17.9 Å². The fourth-order valence-corrected chi connectivity index (χ4v) is 3.77. The number of aromatic nitrogens is 1. The van der Waals surface area contributed by atoms with Crippen molar-refractivity contribution >= 4 is 23.5 Å². The molecule has 0 unspecified atom stereocenters. The van der Waals surface area contributed by atoms with Crippen LogP contribution in [0.5, 0.6) is 0 Å². The van der Waals surface area contributed by atoms with Crippen LogP contribution in [0.15, 0.2) is 29.6 Å². The lowest BCUT2D eigenvalue weighted by Crippen LogP contribution is -2.46. The van der Waals surface area contributed by atoms with Crippen molar-refractivity contribution in [2.75, 3.05) is 13.2 Å². The maximum Gasteiger partial charge on any atom is 0.333 e. The molecule has 2 atom stereocenters. The number of aliphatic carboxylic acids is 1. The monoisotopic (exact) mass is 364 g/mol. The second-order valence-corrected chi connectivity index (χ2v) is 7.24. The summed E-state index contributed by atoms with van der Waals surface area (Å²) < 4.78 is 5.77. The number of rotatable bonds is 4. The molecule has 0 saturated carbocycles. The van der Waals surface area contributed by atoms with Crippen molar-refractivity contribution in [2.45, 2.75) is 44.6 Å². The van der Waals surface area contributed by atoms with Crippen molar-refractivity contribution in [3.05, 3.63) is 40.3 Å². The number of amides is 1. The van der Waals surface area contributed by atoms with Crippen LogP contribution in [0.2, 0.25) is 5.15 Å². The molecule has 0 spiro atoms. The summed E-state index contributed by atoms with van der Waals surface area (Å²) in [7, 11) is 0. The van der Waals surface area contributed by atoms with Gasteiger partial charge in [-0.15, -0.1) is 0 Å². The average molecular weight is 365 g/mol. The summed E-state index contributed by atoms with van der Waals surface area (Å²) in [6.07, 6.45) is 3.44. The topological polar surface area (TPSA) is 79.7 Å². The minimum atomic E-state index is -1.02. The van der Waals surface area contributed by atoms with Gasteiger partial charge in [0.2, 0.25) is 5.91 Å². The third kappa shape index (κ3) is 3.55. The highest BCUT2D eigenvalue weighted by Gasteiger charge is 2.40. The van der Waals surface area contributed by atoms with Crippen LogP contribution in [-0.2, 0) is 14.3 Å². The first kappa shape index (κ1) is 17.9. The molecule has 3 heterocycles. The van der Waals surface area contributed by atoms with Crippen molar-refractivity contribution in [1.82, 2.24) is 9.88 Å². The van der Waals surface area contributed by atoms with E-state index in [1.54, 1.807) is 24.0 Å². The van der Waals surface area contributed by atoms with Gasteiger partial charge in [0, 0.05) is 30.8 Å². The van der Waals surface area contributed by atoms with Crippen molar-refractivity contribution in [3.63, 3.8) is 0 Å². The first-order valence-electron chi connectivity index (χ1n) is 8.30. The number of hydrogen-bond donors (Lipinski definition) is 1. The second kappa shape index (κ2) is 6.77. The van der Waals surface area contributed by atoms with Gasteiger partial charge in [0.15, 0.2) is 0 Å². The van der Waals surface area contributed by atoms with Crippen molar-refractivity contribution in [1.29, 1.82) is 0 Å². The highest BCUT2D eigenvalue weighted by molar-refractivity contribution is 6.29. The summed E-state index contributed by atoms with van der Waals surface area (Å²) in [6.45, 7) is 4.71. The zero-order chi connectivity index (χ0) is 18.2. The molecule has 1 aromatic rings. The molecule has 1 fully saturated rings. The lowest BCUT2D eigenvalue weighted by molar-refractivity contribution is -0.136. The Balaban J connectivity index is 1.97. The molecule has 0 aliphatic carbocycles. The van der Waals surface area contributed by atoms with Gasteiger partial charge >= 0.3 is 5.97 Å². The third-order valence-electron chi connectivity index (χ3n) is 5.00. The summed E-state index contributed by atoms with van der Waals surface area (Å²) >= 11 is 5.81. The number of carbonyl (C=O) groups excluding carboxylic acids is 1. The number of carboxylic acid groups (broad SMARTS) is 1. The molecular weight excluding hydrogens is 344 g/mol. The molecule has 0 bridgehead atoms. The van der Waals surface area contributed by atoms with E-state index in [2.05, 4.69) is 4.98 Å². The number of hydrogen-bond acceptors (Lipinski definition) is 4. The summed E-state index contributed by atoms with van der Waals surface area (Å²) in [5.74, 6) is -1.64. The van der Waals surface area contributed by atoms with Crippen LogP contribution in [0.4, 0.5) is 0 Å². The van der Waals surface area contributed by atoms with E-state index in [0.29, 0.717) is 29.6 Å². The Kier molecular flexibility index (Phi) is 4.84. The normalized spacial score (nSPS) is 27.1. The zero-order valence-corrected chi connectivity index (χ0v) is 15.0. The molecule has 1 aromatic heterocycles. The number of carbonyl (C=O) groups is 2. The molecule has 0 radical (unpaired) electrons. The fourth-order valence-electron chi connectivity index (χ4n) is 3.66. The van der Waals surface area contributed by atoms with Gasteiger partial charge in [-0.1, -0.05) is 17.7 Å². The van der Waals surface area contributed by atoms with E-state index in [4.69, 9.17) is 16.3 Å². The number of halogens is 1. The highest BCUT2D eigenvalue weighted by atomic mass is 35.5. The number of pyridine rings is 1. The van der Waals surface area contributed by atoms with Crippen LogP contribution in [0.1, 0.15) is 44.6 Å². The third-order valence-corrected chi connectivity index (χ3v) is 5.22. The van der Waals surface area contributed by atoms with Crippen LogP contribution < -0.4 is 0 Å². The molecule has 1 N–H and O–H groups in total. The summed E-state index contributed by atoms with van der Waals surface area (Å²) in [5.41, 5.74) is 0.957. The van der Waals surface area contributed by atoms with Gasteiger partial charge in [0.1, 0.15) is 5.15 Å². The SMILES string of the molecule is CC1=C(C(=O)O)[C@H](c2ccc(Cl)nc2)CC(=O)N1C[C@@]1(C)CCCO1. The Bertz CT molecular complexity index is 723. The Morgan fingerprint density at radius 1 is 1.52 bits per heavy atom. The predicted molar refractivity (Wildman–Crippen MR) is 92.2 cm³/mol. The maximum absolute atomic E-state index is 12.8. The Hall–Kier alpha value is -1.92. The molecule has 25 heavy (non-hydrogen) atoms. The molecular formula is C18H21ClN2O4. The lowest BCUT2D eigenvalue weighted by atomic mass is 9.84. The number of carboxylic acids is 1. The minimum absolute atomic E-state index is 0.0956. The van der Waals surface area contributed by atoms with Crippen molar-refractivity contribution in [2.24, 2.45) is 0 Å². The van der Waals surface area contributed by atoms with Gasteiger partial charge in [-0.05, 0) is 38.3 Å². The smallest absolute Gasteiger partial charge is 0.333 e. The predicted octanol–water partition coefficient (Wildman–Crippen LogP) is 2.98. The molecule has 0 aromatic carbocycles. The van der Waals surface area contributed by atoms with Crippen LogP contribution in [0, 0.1) is 0 Å². The Morgan fingerprint density at radius 2 is 2.28 bits per heavy atom. The minimum Gasteiger partial charge on any atom is -0.478 e. The van der Waals surface area contributed by atoms with Crippen molar-refractivity contribution in [3.8, 4) is 0 Å². The molecule has 3 rings (SSSR count). The maximum atomic E-state index is 12.8. The molecule has 2 aliphatic rings. The first-order valence-corrected chi connectivity index (χ1v) is 8.68. The largest absolute Gasteiger partial charge is 0.478 e. The van der Waals surface area contributed by atoms with E-state index in [1.165, 1.54) is 6.20 Å². The molecule has 7 heteroatoms. The van der Waals surface area contributed by atoms with Crippen LogP contribution in [0.25, 0.3) is 0 Å². The van der Waals surface area contributed by atoms with Gasteiger partial charge in [0.05, 0.1) is 17.7 Å². The Labute approximate surface area is 151 Å². The highest BCUT2D eigenvalue weighted by Crippen LogP contribution is 2.38. The molecule has 1 saturated heterocycles. The zero-order valence-electron chi connectivity index (χ0n) is 14.3. The van der Waals surface area contributed by atoms with Crippen LogP contribution >= 0.6 is 11.6 Å². The number of ether oxygens (including phenoxy) is 1. The standard InChI is InChI=1S/C18H21ClN2O4/c1-11-16(17(23)24)13(12-4-5-14(19)20-9-12)8-15(22)21(11)10-18(2)6-3-7-25-18/h4-5,9,13H,3,6-8,10H2,1-2H3,(H,23,24)/t13-,18+/m0/s1. The van der Waals surface area contributed by atoms with E-state index in [0.717, 1.165) is 12.8 Å². The quantitative estimate of drug-likeness (QED) is 0.831. The van der Waals surface area contributed by atoms with Crippen LogP contribution in [-0.4, -0.2) is 45.6 Å². The summed E-state index contributed by atoms with van der Waals surface area (Å²) in [5, 5.41) is 10.1. The molecule has 134 valence electrons. The molecule has 6 nitrogen and oxygen atoms in total. The van der Waals surface area contributed by atoms with E-state index in [9.17, 15) is 14.7 Å². The fraction of sp³-hybridized carbons (Fsp3) is 0.500. The van der Waals surface area contributed by atoms with Crippen molar-refractivity contribution < 1.29 is 19.4 Å². The van der Waals surface area contributed by atoms with E-state index >= 15 is 0 Å². The Morgan fingerprint density at radius 3 is 2.84 bits per heavy atom. The summed E-state index contributed by atoms with van der Waals surface area (Å²) in [6, 6.07) is 3.33. The van der Waals surface area contributed by atoms with Crippen LogP contribution in [0.3, 0.4) is 0 Å².